The number of benzene rings is 4. The van der Waals surface area contributed by atoms with Crippen molar-refractivity contribution in [3.05, 3.63) is 97.1 Å². The van der Waals surface area contributed by atoms with Crippen LogP contribution in [0.1, 0.15) is 0 Å². The van der Waals surface area contributed by atoms with Gasteiger partial charge in [0, 0.05) is 0 Å². The predicted molar refractivity (Wildman–Crippen MR) is 200 cm³/mol. The first-order valence-electron chi connectivity index (χ1n) is 14.8. The largest absolute Gasteiger partial charge is 0.147 e. The van der Waals surface area contributed by atoms with Crippen LogP contribution in [0.15, 0.2) is 97.1 Å². The molecule has 12 nitrogen and oxygen atoms in total. The third-order valence-electron chi connectivity index (χ3n) is 6.10. The number of esters is 4. The standard InChI is InChI=1S/2C18H18O6Te.2ClH/c2*1-21-17(19)11-23-13-3-7-15(8-4-13)25-16-9-5-14(6-10-16)24-12-18(20)22-2;;/h2*3-10H,11-12H2,1-2H3;2*1H. The molecule has 0 aromatic heterocycles. The zero-order valence-corrected chi connectivity index (χ0v) is 34.9. The van der Waals surface area contributed by atoms with Gasteiger partial charge in [0.1, 0.15) is 0 Å². The minimum absolute atomic E-state index is 0. The van der Waals surface area contributed by atoms with Gasteiger partial charge in [-0.15, -0.1) is 24.8 Å². The van der Waals surface area contributed by atoms with Crippen molar-refractivity contribution < 1.29 is 57.1 Å². The molecule has 0 N–H and O–H groups in total. The van der Waals surface area contributed by atoms with Gasteiger partial charge in [-0.25, -0.2) is 0 Å². The summed E-state index contributed by atoms with van der Waals surface area (Å²) in [6, 6.07) is 30.7. The molecular weight excluding hydrogens is 950 g/mol. The van der Waals surface area contributed by atoms with Gasteiger partial charge in [0.2, 0.25) is 0 Å². The summed E-state index contributed by atoms with van der Waals surface area (Å²) in [4.78, 5) is 44.2. The van der Waals surface area contributed by atoms with E-state index < -0.39 is 65.7 Å². The summed E-state index contributed by atoms with van der Waals surface area (Å²) in [5, 5.41) is 0. The molecule has 0 aliphatic rings. The van der Waals surface area contributed by atoms with Crippen molar-refractivity contribution in [2.45, 2.75) is 0 Å². The van der Waals surface area contributed by atoms with Gasteiger partial charge in [-0.05, 0) is 0 Å². The van der Waals surface area contributed by atoms with Gasteiger partial charge in [-0.2, -0.15) is 0 Å². The van der Waals surface area contributed by atoms with E-state index >= 15 is 0 Å². The van der Waals surface area contributed by atoms with Gasteiger partial charge in [-0.1, -0.05) is 0 Å². The zero-order valence-electron chi connectivity index (χ0n) is 28.6. The van der Waals surface area contributed by atoms with Crippen LogP contribution >= 0.6 is 24.8 Å². The van der Waals surface area contributed by atoms with E-state index in [1.54, 1.807) is 0 Å². The third-order valence-corrected chi connectivity index (χ3v) is 11.9. The molecule has 4 aromatic carbocycles. The van der Waals surface area contributed by atoms with Crippen molar-refractivity contribution in [2.75, 3.05) is 54.9 Å². The molecule has 4 aromatic rings. The van der Waals surface area contributed by atoms with E-state index in [1.807, 2.05) is 97.1 Å². The maximum atomic E-state index is 11.0. The number of hydrogen-bond donors (Lipinski definition) is 0. The van der Waals surface area contributed by atoms with Gasteiger partial charge in [-0.3, -0.25) is 0 Å². The number of ether oxygens (including phenoxy) is 8. The van der Waals surface area contributed by atoms with Crippen LogP contribution in [0, 0.1) is 0 Å². The molecule has 0 bridgehead atoms. The molecule has 0 spiro atoms. The fourth-order valence-electron chi connectivity index (χ4n) is 3.49. The van der Waals surface area contributed by atoms with Crippen LogP contribution in [0.2, 0.25) is 0 Å². The maximum Gasteiger partial charge on any atom is -0.147 e. The number of rotatable bonds is 16. The van der Waals surface area contributed by atoms with Crippen molar-refractivity contribution >= 4 is 105 Å². The summed E-state index contributed by atoms with van der Waals surface area (Å²) >= 11 is -1.08. The Bertz CT molecular complexity index is 1410. The van der Waals surface area contributed by atoms with Crippen LogP contribution in [0.3, 0.4) is 0 Å². The van der Waals surface area contributed by atoms with Gasteiger partial charge >= 0.3 is 312 Å². The Labute approximate surface area is 334 Å². The first-order chi connectivity index (χ1) is 24.2. The van der Waals surface area contributed by atoms with Crippen molar-refractivity contribution in [3.8, 4) is 23.0 Å². The minimum atomic E-state index is -0.541. The second-order valence-corrected chi connectivity index (χ2v) is 16.1. The van der Waals surface area contributed by atoms with Crippen molar-refractivity contribution in [1.29, 1.82) is 0 Å². The fraction of sp³-hybridized carbons (Fsp3) is 0.222. The van der Waals surface area contributed by atoms with E-state index in [9.17, 15) is 19.2 Å². The van der Waals surface area contributed by atoms with Crippen LogP contribution in [-0.4, -0.2) is 121 Å². The van der Waals surface area contributed by atoms with Crippen LogP contribution in [0.4, 0.5) is 0 Å². The maximum absolute atomic E-state index is 11.0. The molecule has 0 aliphatic heterocycles. The summed E-state index contributed by atoms with van der Waals surface area (Å²) in [7, 11) is 5.30. The zero-order chi connectivity index (χ0) is 36.1. The molecule has 0 heterocycles. The van der Waals surface area contributed by atoms with Crippen LogP contribution in [-0.2, 0) is 38.1 Å². The second kappa shape index (κ2) is 26.0. The van der Waals surface area contributed by atoms with Crippen LogP contribution < -0.4 is 33.4 Å². The molecule has 0 saturated carbocycles. The molecule has 0 aliphatic carbocycles. The smallest absolute Gasteiger partial charge is 0.147 e. The molecule has 0 atom stereocenters. The van der Waals surface area contributed by atoms with Crippen molar-refractivity contribution in [3.63, 3.8) is 0 Å². The summed E-state index contributed by atoms with van der Waals surface area (Å²) < 4.78 is 44.3. The second-order valence-electron chi connectivity index (χ2n) is 9.55. The molecule has 52 heavy (non-hydrogen) atoms. The van der Waals surface area contributed by atoms with Crippen molar-refractivity contribution in [2.24, 2.45) is 0 Å². The van der Waals surface area contributed by atoms with Crippen LogP contribution in [0.25, 0.3) is 0 Å². The summed E-state index contributed by atoms with van der Waals surface area (Å²) in [6.07, 6.45) is 0. The Morgan fingerprint density at radius 3 is 0.692 bits per heavy atom. The van der Waals surface area contributed by atoms with Gasteiger partial charge in [0.15, 0.2) is 0 Å². The number of hydrogen-bond acceptors (Lipinski definition) is 12. The predicted octanol–water partition coefficient (Wildman–Crippen LogP) is 1.73. The fourth-order valence-corrected chi connectivity index (χ4v) is 8.15. The normalized spacial score (nSPS) is 9.62. The molecule has 4 rings (SSSR count). The molecule has 0 fully saturated rings. The molecule has 0 amide bonds. The van der Waals surface area contributed by atoms with E-state index in [0.29, 0.717) is 23.0 Å². The molecule has 280 valence electrons. The van der Waals surface area contributed by atoms with E-state index in [0.717, 1.165) is 0 Å². The Kier molecular flexibility index (Phi) is 23.0. The topological polar surface area (TPSA) is 142 Å². The molecule has 0 unspecified atom stereocenters. The van der Waals surface area contributed by atoms with E-state index in [-0.39, 0.29) is 51.2 Å². The van der Waals surface area contributed by atoms with E-state index in [2.05, 4.69) is 18.9 Å². The quantitative estimate of drug-likeness (QED) is 0.0918. The first-order valence-corrected chi connectivity index (χ1v) is 19.4. The monoisotopic (exact) mass is 992 g/mol. The van der Waals surface area contributed by atoms with Crippen LogP contribution in [0.5, 0.6) is 23.0 Å². The summed E-state index contributed by atoms with van der Waals surface area (Å²) in [5.41, 5.74) is 0. The molecule has 0 saturated heterocycles. The molecule has 16 heteroatoms. The van der Waals surface area contributed by atoms with E-state index in [4.69, 9.17) is 18.9 Å². The number of carbonyl (C=O) groups is 4. The first kappa shape index (κ1) is 46.1. The SMILES string of the molecule is COC(=O)COc1ccc([Te]c2ccc(OCC(=O)OC)cc2)cc1.COC(=O)COc1ccc([Te]c2ccc(OCC(=O)OC)cc2)cc1.Cl.Cl. The summed E-state index contributed by atoms with van der Waals surface area (Å²) in [5.74, 6) is 0.891. The van der Waals surface area contributed by atoms with Gasteiger partial charge in [0.25, 0.3) is 0 Å². The van der Waals surface area contributed by atoms with Gasteiger partial charge in [0.05, 0.1) is 0 Å². The van der Waals surface area contributed by atoms with Gasteiger partial charge < -0.3 is 0 Å². The van der Waals surface area contributed by atoms with E-state index in [1.165, 1.54) is 42.9 Å². The molecule has 0 radical (unpaired) electrons. The minimum Gasteiger partial charge on any atom is -0.147 e. The average molecular weight is 989 g/mol. The Morgan fingerprint density at radius 1 is 0.365 bits per heavy atom. The Hall–Kier alpha value is -3.88. The van der Waals surface area contributed by atoms with Crippen molar-refractivity contribution in [1.82, 2.24) is 0 Å². The summed E-state index contributed by atoms with van der Waals surface area (Å²) in [6.45, 7) is -0.391. The average Bonchev–Trinajstić information content (AvgIpc) is 3.16. The number of carbonyl (C=O) groups excluding carboxylic acids is 4. The Balaban J connectivity index is 0.000000501. The third kappa shape index (κ3) is 18.1. The molecular formula is C36H38Cl2O12Te2. The number of methoxy groups -OCH3 is 4. The Morgan fingerprint density at radius 2 is 0.538 bits per heavy atom. The number of halogens is 2.